The van der Waals surface area contributed by atoms with Crippen molar-refractivity contribution < 1.29 is 23.7 Å². The van der Waals surface area contributed by atoms with E-state index in [0.717, 1.165) is 37.0 Å². The number of hydrogen-bond donors (Lipinski definition) is 1. The molecule has 1 N–H and O–H groups in total. The van der Waals surface area contributed by atoms with Crippen LogP contribution in [-0.2, 0) is 4.74 Å². The van der Waals surface area contributed by atoms with Crippen molar-refractivity contribution in [2.45, 2.75) is 69.1 Å². The number of carbonyl (C=O) groups excluding carboxylic acids is 1. The number of carbonyl (C=O) groups is 1. The summed E-state index contributed by atoms with van der Waals surface area (Å²) >= 11 is 0. The molecule has 4 fully saturated rings. The minimum absolute atomic E-state index is 0.0780. The number of benzene rings is 2. The molecule has 2 aromatic carbocycles. The molecule has 6 nitrogen and oxygen atoms in total. The molecule has 0 aromatic heterocycles. The molecule has 4 unspecified atom stereocenters. The van der Waals surface area contributed by atoms with Crippen LogP contribution >= 0.6 is 0 Å². The van der Waals surface area contributed by atoms with Gasteiger partial charge in [-0.1, -0.05) is 31.0 Å². The largest absolute Gasteiger partial charge is 0.496 e. The van der Waals surface area contributed by atoms with Crippen LogP contribution in [0.5, 0.6) is 17.2 Å². The van der Waals surface area contributed by atoms with E-state index in [0.29, 0.717) is 29.3 Å². The molecule has 2 aliphatic heterocycles. The van der Waals surface area contributed by atoms with Gasteiger partial charge in [0.1, 0.15) is 5.75 Å². The average Bonchev–Trinajstić information content (AvgIpc) is 3.51. The Kier molecular flexibility index (Phi) is 7.76. The number of nitrogens with one attached hydrogen (secondary N) is 1. The van der Waals surface area contributed by atoms with Crippen LogP contribution in [0.2, 0.25) is 0 Å². The number of methoxy groups -OCH3 is 3. The summed E-state index contributed by atoms with van der Waals surface area (Å²) in [5.41, 5.74) is 1.73. The van der Waals surface area contributed by atoms with Gasteiger partial charge in [-0.15, -0.1) is 0 Å². The second kappa shape index (κ2) is 10.9. The van der Waals surface area contributed by atoms with Gasteiger partial charge in [-0.05, 0) is 61.9 Å². The predicted octanol–water partition coefficient (Wildman–Crippen LogP) is 5.11. The van der Waals surface area contributed by atoms with E-state index in [2.05, 4.69) is 11.4 Å². The van der Waals surface area contributed by atoms with Crippen LogP contribution in [0.4, 0.5) is 0 Å². The summed E-state index contributed by atoms with van der Waals surface area (Å²) in [6, 6.07) is 13.4. The minimum atomic E-state index is -0.0928. The summed E-state index contributed by atoms with van der Waals surface area (Å²) in [6.45, 7) is 0. The van der Waals surface area contributed by atoms with Crippen LogP contribution in [0.15, 0.2) is 42.5 Å². The summed E-state index contributed by atoms with van der Waals surface area (Å²) < 4.78 is 21.4. The standard InChI is InChI=1S/C22H27NO4.C5H8O/c1-25-19-11-7-5-9-17(19)22(24)23-18-10-6-4-8-16(18)15-12-13-20(26-2)21(14-15)27-3;1-2-5-3-4(1)6-5/h5,7,9,11-14,16,18H,4,6,8,10H2,1-3H3,(H,23,24);4-5H,1-3H2. The molecular weight excluding hydrogens is 418 g/mol. The second-order valence-corrected chi connectivity index (χ2v) is 8.98. The lowest BCUT2D eigenvalue weighted by atomic mass is 9.79. The van der Waals surface area contributed by atoms with Gasteiger partial charge in [-0.25, -0.2) is 0 Å². The van der Waals surface area contributed by atoms with E-state index in [4.69, 9.17) is 18.9 Å². The number of hydrogen-bond acceptors (Lipinski definition) is 5. The minimum Gasteiger partial charge on any atom is -0.496 e. The van der Waals surface area contributed by atoms with Crippen molar-refractivity contribution in [3.63, 3.8) is 0 Å². The molecule has 6 heteroatoms. The first-order valence-corrected chi connectivity index (χ1v) is 11.9. The van der Waals surface area contributed by atoms with Gasteiger partial charge >= 0.3 is 0 Å². The number of para-hydroxylation sites is 1. The summed E-state index contributed by atoms with van der Waals surface area (Å²) in [5, 5.41) is 3.23. The van der Waals surface area contributed by atoms with E-state index in [9.17, 15) is 4.79 Å². The smallest absolute Gasteiger partial charge is 0.255 e. The lowest BCUT2D eigenvalue weighted by Crippen LogP contribution is -2.41. The zero-order valence-corrected chi connectivity index (χ0v) is 19.8. The molecular formula is C27H35NO5. The average molecular weight is 454 g/mol. The SMILES string of the molecule is C1CC2CC1O2.COc1ccc(C2CCCCC2NC(=O)c2ccccc2OC)cc1OC. The Morgan fingerprint density at radius 3 is 2.15 bits per heavy atom. The zero-order chi connectivity index (χ0) is 23.2. The van der Waals surface area contributed by atoms with Gasteiger partial charge in [0.25, 0.3) is 5.91 Å². The van der Waals surface area contributed by atoms with E-state index in [1.807, 2.05) is 30.3 Å². The molecule has 4 aliphatic rings. The first kappa shape index (κ1) is 23.4. The molecule has 33 heavy (non-hydrogen) atoms. The zero-order valence-electron chi connectivity index (χ0n) is 19.8. The number of rotatable bonds is 6. The number of fused-ring (bicyclic) bond motifs is 1. The highest BCUT2D eigenvalue weighted by molar-refractivity contribution is 5.97. The molecule has 1 amide bonds. The number of amides is 1. The molecule has 2 aromatic rings. The van der Waals surface area contributed by atoms with Crippen LogP contribution in [0.25, 0.3) is 0 Å². The van der Waals surface area contributed by atoms with Gasteiger partial charge in [-0.3, -0.25) is 4.79 Å². The maximum absolute atomic E-state index is 12.9. The molecule has 2 heterocycles. The highest BCUT2D eigenvalue weighted by Crippen LogP contribution is 2.38. The Labute approximate surface area is 196 Å². The molecule has 2 saturated carbocycles. The maximum atomic E-state index is 12.9. The van der Waals surface area contributed by atoms with E-state index in [1.165, 1.54) is 19.3 Å². The Morgan fingerprint density at radius 2 is 1.52 bits per heavy atom. The Bertz CT molecular complexity index is 926. The van der Waals surface area contributed by atoms with Crippen molar-refractivity contribution in [1.82, 2.24) is 5.32 Å². The van der Waals surface area contributed by atoms with Crippen molar-refractivity contribution in [3.8, 4) is 17.2 Å². The van der Waals surface area contributed by atoms with Crippen molar-refractivity contribution in [3.05, 3.63) is 53.6 Å². The summed E-state index contributed by atoms with van der Waals surface area (Å²) in [7, 11) is 4.86. The van der Waals surface area contributed by atoms with Gasteiger partial charge in [0.15, 0.2) is 11.5 Å². The van der Waals surface area contributed by atoms with E-state index >= 15 is 0 Å². The normalized spacial score (nSPS) is 25.2. The van der Waals surface area contributed by atoms with Crippen LogP contribution in [-0.4, -0.2) is 45.5 Å². The first-order chi connectivity index (χ1) is 16.1. The second-order valence-electron chi connectivity index (χ2n) is 8.98. The number of ether oxygens (including phenoxy) is 4. The quantitative estimate of drug-likeness (QED) is 0.659. The van der Waals surface area contributed by atoms with Gasteiger partial charge in [-0.2, -0.15) is 0 Å². The fourth-order valence-corrected chi connectivity index (χ4v) is 5.16. The molecule has 2 bridgehead atoms. The Balaban J connectivity index is 0.000000367. The summed E-state index contributed by atoms with van der Waals surface area (Å²) in [4.78, 5) is 12.9. The Hall–Kier alpha value is -2.73. The molecule has 0 spiro atoms. The van der Waals surface area contributed by atoms with E-state index < -0.39 is 0 Å². The summed E-state index contributed by atoms with van der Waals surface area (Å²) in [5.74, 6) is 2.18. The highest BCUT2D eigenvalue weighted by Gasteiger charge is 2.36. The summed E-state index contributed by atoms with van der Waals surface area (Å²) in [6.07, 6.45) is 9.67. The van der Waals surface area contributed by atoms with Gasteiger partial charge in [0.2, 0.25) is 0 Å². The molecule has 2 saturated heterocycles. The van der Waals surface area contributed by atoms with Crippen LogP contribution < -0.4 is 19.5 Å². The van der Waals surface area contributed by atoms with Crippen molar-refractivity contribution in [2.24, 2.45) is 0 Å². The first-order valence-electron chi connectivity index (χ1n) is 11.9. The monoisotopic (exact) mass is 453 g/mol. The Morgan fingerprint density at radius 1 is 0.848 bits per heavy atom. The van der Waals surface area contributed by atoms with Crippen LogP contribution in [0.3, 0.4) is 0 Å². The fraction of sp³-hybridized carbons (Fsp3) is 0.519. The van der Waals surface area contributed by atoms with Crippen molar-refractivity contribution in [2.75, 3.05) is 21.3 Å². The predicted molar refractivity (Wildman–Crippen MR) is 128 cm³/mol. The lowest BCUT2D eigenvalue weighted by Gasteiger charge is -2.33. The third-order valence-corrected chi connectivity index (χ3v) is 6.99. The van der Waals surface area contributed by atoms with E-state index in [-0.39, 0.29) is 17.9 Å². The molecule has 0 radical (unpaired) electrons. The maximum Gasteiger partial charge on any atom is 0.255 e. The third kappa shape index (κ3) is 5.44. The third-order valence-electron chi connectivity index (χ3n) is 6.99. The van der Waals surface area contributed by atoms with Gasteiger partial charge < -0.3 is 24.3 Å². The molecule has 6 rings (SSSR count). The van der Waals surface area contributed by atoms with E-state index in [1.54, 1.807) is 27.4 Å². The molecule has 4 atom stereocenters. The van der Waals surface area contributed by atoms with Crippen molar-refractivity contribution in [1.29, 1.82) is 0 Å². The molecule has 178 valence electrons. The van der Waals surface area contributed by atoms with Crippen LogP contribution in [0.1, 0.15) is 66.8 Å². The van der Waals surface area contributed by atoms with Gasteiger partial charge in [0, 0.05) is 12.0 Å². The van der Waals surface area contributed by atoms with Gasteiger partial charge in [0.05, 0.1) is 39.1 Å². The van der Waals surface area contributed by atoms with Crippen LogP contribution in [0, 0.1) is 0 Å². The fourth-order valence-electron chi connectivity index (χ4n) is 5.16. The molecule has 2 aliphatic carbocycles. The lowest BCUT2D eigenvalue weighted by molar-refractivity contribution is -0.0647. The topological polar surface area (TPSA) is 66.0 Å². The highest BCUT2D eigenvalue weighted by atomic mass is 16.5. The van der Waals surface area contributed by atoms with Crippen molar-refractivity contribution >= 4 is 5.91 Å².